The van der Waals surface area contributed by atoms with Gasteiger partial charge in [-0.3, -0.25) is 4.99 Å². The molecule has 136 valence electrons. The van der Waals surface area contributed by atoms with E-state index in [0.717, 1.165) is 38.5 Å². The van der Waals surface area contributed by atoms with Crippen LogP contribution >= 0.6 is 0 Å². The fraction of sp³-hybridized carbons (Fsp3) is 0.938. The molecule has 1 aliphatic heterocycles. The van der Waals surface area contributed by atoms with Crippen LogP contribution in [0.3, 0.4) is 0 Å². The molecule has 1 aliphatic rings. The quantitative estimate of drug-likeness (QED) is 0.558. The van der Waals surface area contributed by atoms with Gasteiger partial charge in [-0.2, -0.15) is 0 Å². The summed E-state index contributed by atoms with van der Waals surface area (Å²) in [5, 5.41) is 3.40. The fourth-order valence-electron chi connectivity index (χ4n) is 2.67. The third-order valence-corrected chi connectivity index (χ3v) is 5.18. The summed E-state index contributed by atoms with van der Waals surface area (Å²) in [5.41, 5.74) is -0.0946. The summed E-state index contributed by atoms with van der Waals surface area (Å²) in [6.45, 7) is 9.56. The second-order valence-corrected chi connectivity index (χ2v) is 9.35. The summed E-state index contributed by atoms with van der Waals surface area (Å²) < 4.78 is 28.4. The highest BCUT2D eigenvalue weighted by Gasteiger charge is 2.24. The lowest BCUT2D eigenvalue weighted by atomic mass is 9.90. The van der Waals surface area contributed by atoms with Crippen LogP contribution in [0.2, 0.25) is 0 Å². The first-order valence-electron chi connectivity index (χ1n) is 8.42. The highest BCUT2D eigenvalue weighted by Crippen LogP contribution is 2.20. The van der Waals surface area contributed by atoms with Crippen LogP contribution in [0.4, 0.5) is 0 Å². The Morgan fingerprint density at radius 1 is 1.35 bits per heavy atom. The van der Waals surface area contributed by atoms with E-state index in [2.05, 4.69) is 29.1 Å². The first-order valence-corrected chi connectivity index (χ1v) is 10.5. The van der Waals surface area contributed by atoms with Crippen molar-refractivity contribution in [1.29, 1.82) is 0 Å². The van der Waals surface area contributed by atoms with E-state index < -0.39 is 9.84 Å². The van der Waals surface area contributed by atoms with E-state index in [1.165, 1.54) is 6.26 Å². The molecule has 0 amide bonds. The van der Waals surface area contributed by atoms with Gasteiger partial charge in [-0.1, -0.05) is 13.8 Å². The predicted octanol–water partition coefficient (Wildman–Crippen LogP) is 1.52. The minimum Gasteiger partial charge on any atom is -0.378 e. The third-order valence-electron chi connectivity index (χ3n) is 4.23. The Kier molecular flexibility index (Phi) is 7.80. The SMILES string of the molecule is CCOC1CCN(C(=NC)NCC(C)(C)CCS(C)(=O)=O)CC1. The van der Waals surface area contributed by atoms with Crippen molar-refractivity contribution in [3.63, 3.8) is 0 Å². The van der Waals surface area contributed by atoms with Crippen LogP contribution < -0.4 is 5.32 Å². The average Bonchev–Trinajstić information content (AvgIpc) is 2.47. The molecule has 0 saturated carbocycles. The summed E-state index contributed by atoms with van der Waals surface area (Å²) in [4.78, 5) is 6.62. The molecule has 1 saturated heterocycles. The normalized spacial score (nSPS) is 18.3. The van der Waals surface area contributed by atoms with Crippen LogP contribution in [-0.2, 0) is 14.6 Å². The third kappa shape index (κ3) is 8.01. The zero-order valence-corrected chi connectivity index (χ0v) is 16.1. The van der Waals surface area contributed by atoms with Crippen molar-refractivity contribution in [3.05, 3.63) is 0 Å². The lowest BCUT2D eigenvalue weighted by Gasteiger charge is -2.35. The number of hydrogen-bond donors (Lipinski definition) is 1. The van der Waals surface area contributed by atoms with E-state index in [1.54, 1.807) is 7.05 Å². The molecule has 1 fully saturated rings. The van der Waals surface area contributed by atoms with Crippen LogP contribution in [0, 0.1) is 5.41 Å². The van der Waals surface area contributed by atoms with Crippen molar-refractivity contribution in [2.24, 2.45) is 10.4 Å². The molecule has 0 bridgehead atoms. The molecule has 1 rings (SSSR count). The van der Waals surface area contributed by atoms with Gasteiger partial charge in [0, 0.05) is 39.5 Å². The summed E-state index contributed by atoms with van der Waals surface area (Å²) in [7, 11) is -1.12. The molecule has 1 N–H and O–H groups in total. The molecule has 7 heteroatoms. The molecule has 6 nitrogen and oxygen atoms in total. The van der Waals surface area contributed by atoms with Gasteiger partial charge in [-0.05, 0) is 31.6 Å². The van der Waals surface area contributed by atoms with Gasteiger partial charge in [-0.25, -0.2) is 8.42 Å². The molecule has 1 heterocycles. The van der Waals surface area contributed by atoms with Gasteiger partial charge in [0.25, 0.3) is 0 Å². The second kappa shape index (κ2) is 8.87. The molecule has 0 spiro atoms. The number of guanidine groups is 1. The number of hydrogen-bond acceptors (Lipinski definition) is 4. The zero-order valence-electron chi connectivity index (χ0n) is 15.3. The average molecular weight is 348 g/mol. The van der Waals surface area contributed by atoms with Crippen molar-refractivity contribution in [2.45, 2.75) is 46.1 Å². The number of nitrogens with zero attached hydrogens (tertiary/aromatic N) is 2. The lowest BCUT2D eigenvalue weighted by molar-refractivity contribution is 0.0263. The van der Waals surface area contributed by atoms with E-state index in [1.807, 2.05) is 6.92 Å². The van der Waals surface area contributed by atoms with Gasteiger partial charge in [-0.15, -0.1) is 0 Å². The monoisotopic (exact) mass is 347 g/mol. The molecule has 0 aromatic rings. The van der Waals surface area contributed by atoms with Crippen molar-refractivity contribution in [1.82, 2.24) is 10.2 Å². The first kappa shape index (κ1) is 20.2. The van der Waals surface area contributed by atoms with Gasteiger partial charge in [0.05, 0.1) is 11.9 Å². The van der Waals surface area contributed by atoms with E-state index in [0.29, 0.717) is 19.1 Å². The number of piperidine rings is 1. The maximum Gasteiger partial charge on any atom is 0.193 e. The molecular weight excluding hydrogens is 314 g/mol. The fourth-order valence-corrected chi connectivity index (χ4v) is 3.59. The Morgan fingerprint density at radius 3 is 2.43 bits per heavy atom. The molecule has 0 aliphatic carbocycles. The van der Waals surface area contributed by atoms with Crippen molar-refractivity contribution in [3.8, 4) is 0 Å². The Hall–Kier alpha value is -0.820. The molecule has 0 radical (unpaired) electrons. The highest BCUT2D eigenvalue weighted by molar-refractivity contribution is 7.90. The summed E-state index contributed by atoms with van der Waals surface area (Å²) in [6.07, 6.45) is 4.33. The minimum absolute atomic E-state index is 0.0946. The first-order chi connectivity index (χ1) is 10.7. The topological polar surface area (TPSA) is 71.0 Å². The van der Waals surface area contributed by atoms with Crippen LogP contribution in [0.1, 0.15) is 40.0 Å². The highest BCUT2D eigenvalue weighted by atomic mass is 32.2. The molecule has 0 aromatic carbocycles. The number of likely N-dealkylation sites (tertiary alicyclic amines) is 1. The second-order valence-electron chi connectivity index (χ2n) is 7.09. The number of ether oxygens (including phenoxy) is 1. The van der Waals surface area contributed by atoms with E-state index in [4.69, 9.17) is 4.74 Å². The van der Waals surface area contributed by atoms with Crippen LogP contribution in [0.25, 0.3) is 0 Å². The zero-order chi connectivity index (χ0) is 17.5. The maximum absolute atomic E-state index is 11.3. The van der Waals surface area contributed by atoms with E-state index in [-0.39, 0.29) is 11.2 Å². The standard InChI is InChI=1S/C16H33N3O3S/c1-6-22-14-7-10-19(11-8-14)15(17-4)18-13-16(2,3)9-12-23(5,20)21/h14H,6-13H2,1-5H3,(H,17,18). The van der Waals surface area contributed by atoms with Crippen molar-refractivity contribution >= 4 is 15.8 Å². The molecule has 0 atom stereocenters. The van der Waals surface area contributed by atoms with Gasteiger partial charge < -0.3 is 15.0 Å². The van der Waals surface area contributed by atoms with Gasteiger partial charge in [0.2, 0.25) is 0 Å². The van der Waals surface area contributed by atoms with E-state index >= 15 is 0 Å². The van der Waals surface area contributed by atoms with Crippen LogP contribution in [-0.4, -0.2) is 70.7 Å². The Balaban J connectivity index is 2.45. The smallest absolute Gasteiger partial charge is 0.193 e. The lowest BCUT2D eigenvalue weighted by Crippen LogP contribution is -2.49. The largest absolute Gasteiger partial charge is 0.378 e. The maximum atomic E-state index is 11.3. The van der Waals surface area contributed by atoms with Gasteiger partial charge in [0.15, 0.2) is 5.96 Å². The van der Waals surface area contributed by atoms with Crippen molar-refractivity contribution < 1.29 is 13.2 Å². The van der Waals surface area contributed by atoms with E-state index in [9.17, 15) is 8.42 Å². The summed E-state index contributed by atoms with van der Waals surface area (Å²) in [5.74, 6) is 1.12. The molecular formula is C16H33N3O3S. The minimum atomic E-state index is -2.92. The molecule has 23 heavy (non-hydrogen) atoms. The van der Waals surface area contributed by atoms with Crippen molar-refractivity contribution in [2.75, 3.05) is 45.3 Å². The number of sulfone groups is 1. The Bertz CT molecular complexity index is 481. The number of rotatable bonds is 7. The van der Waals surface area contributed by atoms with Crippen LogP contribution in [0.15, 0.2) is 4.99 Å². The Labute approximate surface area is 141 Å². The summed E-state index contributed by atoms with van der Waals surface area (Å²) >= 11 is 0. The number of nitrogens with one attached hydrogen (secondary N) is 1. The van der Waals surface area contributed by atoms with Crippen LogP contribution in [0.5, 0.6) is 0 Å². The van der Waals surface area contributed by atoms with Gasteiger partial charge >= 0.3 is 0 Å². The van der Waals surface area contributed by atoms with Gasteiger partial charge in [0.1, 0.15) is 9.84 Å². The number of aliphatic imine (C=N–C) groups is 1. The Morgan fingerprint density at radius 2 is 1.96 bits per heavy atom. The molecule has 0 aromatic heterocycles. The predicted molar refractivity (Wildman–Crippen MR) is 95.7 cm³/mol. The summed E-state index contributed by atoms with van der Waals surface area (Å²) in [6, 6.07) is 0. The molecule has 0 unspecified atom stereocenters.